The van der Waals surface area contributed by atoms with Crippen molar-refractivity contribution < 1.29 is 9.13 Å². The highest BCUT2D eigenvalue weighted by atomic mass is 19.1. The molecular weight excluding hydrogens is 269 g/mol. The van der Waals surface area contributed by atoms with E-state index in [2.05, 4.69) is 15.6 Å². The number of ether oxygens (including phenoxy) is 1. The van der Waals surface area contributed by atoms with Crippen molar-refractivity contribution in [3.05, 3.63) is 35.6 Å². The number of aliphatic imine (C=N–C) groups is 1. The molecule has 1 fully saturated rings. The number of nitrogens with one attached hydrogen (secondary N) is 2. The highest BCUT2D eigenvalue weighted by Crippen LogP contribution is 2.48. The lowest BCUT2D eigenvalue weighted by molar-refractivity contribution is 0.195. The molecule has 1 saturated carbocycles. The fourth-order valence-electron chi connectivity index (χ4n) is 2.48. The van der Waals surface area contributed by atoms with Crippen LogP contribution >= 0.6 is 0 Å². The van der Waals surface area contributed by atoms with Crippen LogP contribution in [0.4, 0.5) is 4.39 Å². The molecule has 2 rings (SSSR count). The van der Waals surface area contributed by atoms with Crippen molar-refractivity contribution in [3.63, 3.8) is 0 Å². The van der Waals surface area contributed by atoms with Crippen LogP contribution in [0.15, 0.2) is 29.3 Å². The second kappa shape index (κ2) is 7.41. The number of methoxy groups -OCH3 is 1. The van der Waals surface area contributed by atoms with Crippen molar-refractivity contribution >= 4 is 5.96 Å². The fourth-order valence-corrected chi connectivity index (χ4v) is 2.48. The zero-order valence-electron chi connectivity index (χ0n) is 12.8. The summed E-state index contributed by atoms with van der Waals surface area (Å²) in [6.45, 7) is 2.24. The average molecular weight is 293 g/mol. The van der Waals surface area contributed by atoms with Crippen LogP contribution in [0.25, 0.3) is 0 Å². The standard InChI is InChI=1S/C16H24FN3O/c1-18-15(19-10-5-11-21-2)20-12-16(8-9-16)13-6-3-4-7-14(13)17/h3-4,6-7H,5,8-12H2,1-2H3,(H2,18,19,20). The van der Waals surface area contributed by atoms with Crippen LogP contribution in [0, 0.1) is 5.82 Å². The SMILES string of the molecule is CN=C(NCCCOC)NCC1(c2ccccc2F)CC1. The minimum atomic E-state index is -0.111. The predicted molar refractivity (Wildman–Crippen MR) is 83.2 cm³/mol. The minimum Gasteiger partial charge on any atom is -0.385 e. The molecule has 5 heteroatoms. The summed E-state index contributed by atoms with van der Waals surface area (Å²) < 4.78 is 18.9. The molecular formula is C16H24FN3O. The van der Waals surface area contributed by atoms with Gasteiger partial charge in [-0.1, -0.05) is 18.2 Å². The van der Waals surface area contributed by atoms with E-state index in [0.29, 0.717) is 6.54 Å². The Labute approximate surface area is 125 Å². The maximum absolute atomic E-state index is 13.9. The van der Waals surface area contributed by atoms with Gasteiger partial charge in [0.05, 0.1) is 0 Å². The van der Waals surface area contributed by atoms with E-state index >= 15 is 0 Å². The number of benzene rings is 1. The lowest BCUT2D eigenvalue weighted by Crippen LogP contribution is -2.41. The number of guanidine groups is 1. The highest BCUT2D eigenvalue weighted by molar-refractivity contribution is 5.79. The number of rotatable bonds is 7. The van der Waals surface area contributed by atoms with Crippen molar-refractivity contribution in [3.8, 4) is 0 Å². The lowest BCUT2D eigenvalue weighted by atomic mass is 9.95. The number of halogens is 1. The highest BCUT2D eigenvalue weighted by Gasteiger charge is 2.45. The molecule has 2 N–H and O–H groups in total. The monoisotopic (exact) mass is 293 g/mol. The van der Waals surface area contributed by atoms with E-state index in [1.165, 1.54) is 6.07 Å². The summed E-state index contributed by atoms with van der Waals surface area (Å²) in [6.07, 6.45) is 2.96. The smallest absolute Gasteiger partial charge is 0.191 e. The van der Waals surface area contributed by atoms with E-state index < -0.39 is 0 Å². The molecule has 21 heavy (non-hydrogen) atoms. The molecule has 0 radical (unpaired) electrons. The third-order valence-corrected chi connectivity index (χ3v) is 3.93. The maximum Gasteiger partial charge on any atom is 0.191 e. The van der Waals surface area contributed by atoms with Gasteiger partial charge in [0.1, 0.15) is 5.82 Å². The first-order chi connectivity index (χ1) is 10.2. The number of nitrogens with zero attached hydrogens (tertiary/aromatic N) is 1. The Kier molecular flexibility index (Phi) is 5.56. The van der Waals surface area contributed by atoms with Crippen LogP contribution < -0.4 is 10.6 Å². The minimum absolute atomic E-state index is 0.0739. The van der Waals surface area contributed by atoms with Crippen LogP contribution in [0.3, 0.4) is 0 Å². The third kappa shape index (κ3) is 4.17. The van der Waals surface area contributed by atoms with E-state index in [1.54, 1.807) is 20.2 Å². The van der Waals surface area contributed by atoms with Gasteiger partial charge >= 0.3 is 0 Å². The molecule has 0 aliphatic heterocycles. The second-order valence-electron chi connectivity index (χ2n) is 5.46. The number of hydrogen-bond donors (Lipinski definition) is 2. The van der Waals surface area contributed by atoms with Crippen molar-refractivity contribution in [1.82, 2.24) is 10.6 Å². The Morgan fingerprint density at radius 3 is 2.71 bits per heavy atom. The largest absolute Gasteiger partial charge is 0.385 e. The van der Waals surface area contributed by atoms with Crippen LogP contribution in [-0.2, 0) is 10.2 Å². The molecule has 0 atom stereocenters. The predicted octanol–water partition coefficient (Wildman–Crippen LogP) is 2.06. The first kappa shape index (κ1) is 15.8. The quantitative estimate of drug-likeness (QED) is 0.459. The van der Waals surface area contributed by atoms with E-state index in [9.17, 15) is 4.39 Å². The molecule has 0 spiro atoms. The van der Waals surface area contributed by atoms with Crippen molar-refractivity contribution in [2.75, 3.05) is 33.9 Å². The van der Waals surface area contributed by atoms with Gasteiger partial charge in [0.25, 0.3) is 0 Å². The topological polar surface area (TPSA) is 45.7 Å². The van der Waals surface area contributed by atoms with Gasteiger partial charge in [-0.3, -0.25) is 4.99 Å². The zero-order valence-corrected chi connectivity index (χ0v) is 12.8. The van der Waals surface area contributed by atoms with Crippen LogP contribution in [0.1, 0.15) is 24.8 Å². The molecule has 0 saturated heterocycles. The zero-order chi connectivity index (χ0) is 15.1. The Morgan fingerprint density at radius 2 is 2.10 bits per heavy atom. The fraction of sp³-hybridized carbons (Fsp3) is 0.562. The third-order valence-electron chi connectivity index (χ3n) is 3.93. The first-order valence-corrected chi connectivity index (χ1v) is 7.40. The van der Waals surface area contributed by atoms with E-state index in [0.717, 1.165) is 43.9 Å². The number of hydrogen-bond acceptors (Lipinski definition) is 2. The van der Waals surface area contributed by atoms with Gasteiger partial charge in [-0.15, -0.1) is 0 Å². The maximum atomic E-state index is 13.9. The van der Waals surface area contributed by atoms with Crippen LogP contribution in [0.2, 0.25) is 0 Å². The Hall–Kier alpha value is -1.62. The molecule has 4 nitrogen and oxygen atoms in total. The van der Waals surface area contributed by atoms with E-state index in [1.807, 2.05) is 12.1 Å². The molecule has 0 heterocycles. The van der Waals surface area contributed by atoms with Crippen LogP contribution in [0.5, 0.6) is 0 Å². The molecule has 0 bridgehead atoms. The van der Waals surface area contributed by atoms with Gasteiger partial charge in [-0.05, 0) is 30.9 Å². The molecule has 1 aliphatic rings. The summed E-state index contributed by atoms with van der Waals surface area (Å²) in [5.41, 5.74) is 0.738. The summed E-state index contributed by atoms with van der Waals surface area (Å²) in [6, 6.07) is 7.06. The first-order valence-electron chi connectivity index (χ1n) is 7.40. The molecule has 0 aromatic heterocycles. The van der Waals surface area contributed by atoms with Crippen molar-refractivity contribution in [2.24, 2.45) is 4.99 Å². The Bertz CT molecular complexity index is 486. The van der Waals surface area contributed by atoms with Gasteiger partial charge in [0.2, 0.25) is 0 Å². The van der Waals surface area contributed by atoms with Gasteiger partial charge < -0.3 is 15.4 Å². The van der Waals surface area contributed by atoms with Crippen molar-refractivity contribution in [1.29, 1.82) is 0 Å². The van der Waals surface area contributed by atoms with E-state index in [4.69, 9.17) is 4.74 Å². The summed E-state index contributed by atoms with van der Waals surface area (Å²) in [5.74, 6) is 0.647. The van der Waals surface area contributed by atoms with Crippen molar-refractivity contribution in [2.45, 2.75) is 24.7 Å². The molecule has 116 valence electrons. The van der Waals surface area contributed by atoms with Crippen LogP contribution in [-0.4, -0.2) is 39.8 Å². The summed E-state index contributed by atoms with van der Waals surface area (Å²) in [7, 11) is 3.44. The normalized spacial score (nSPS) is 16.6. The van der Waals surface area contributed by atoms with Gasteiger partial charge in [-0.25, -0.2) is 4.39 Å². The molecule has 0 amide bonds. The molecule has 1 aromatic rings. The van der Waals surface area contributed by atoms with Gasteiger partial charge in [0.15, 0.2) is 5.96 Å². The van der Waals surface area contributed by atoms with Gasteiger partial charge in [-0.2, -0.15) is 0 Å². The average Bonchev–Trinajstić information content (AvgIpc) is 3.28. The summed E-state index contributed by atoms with van der Waals surface area (Å²) >= 11 is 0. The van der Waals surface area contributed by atoms with E-state index in [-0.39, 0.29) is 11.2 Å². The summed E-state index contributed by atoms with van der Waals surface area (Å²) in [4.78, 5) is 4.19. The molecule has 0 unspecified atom stereocenters. The second-order valence-corrected chi connectivity index (χ2v) is 5.46. The van der Waals surface area contributed by atoms with Gasteiger partial charge in [0, 0.05) is 39.3 Å². The molecule has 1 aromatic carbocycles. The summed E-state index contributed by atoms with van der Waals surface area (Å²) in [5, 5.41) is 6.54. The Balaban J connectivity index is 1.85. The lowest BCUT2D eigenvalue weighted by Gasteiger charge is -2.19. The Morgan fingerprint density at radius 1 is 1.33 bits per heavy atom. The molecule has 1 aliphatic carbocycles.